The van der Waals surface area contributed by atoms with Gasteiger partial charge in [0.2, 0.25) is 0 Å². The first-order valence-corrected chi connectivity index (χ1v) is 9.64. The SMILES string of the molecule is Cc1ccc2c(c1)c1c(c3c2c2ccc(C)cc2c(=O)n3C)C=CC(C)(C)O1. The zero-order valence-electron chi connectivity index (χ0n) is 16.9. The molecular weight excluding hydrogens is 346 g/mol. The predicted octanol–water partition coefficient (Wildman–Crippen LogP) is 5.65. The molecule has 1 aliphatic heterocycles. The molecule has 0 bridgehead atoms. The maximum Gasteiger partial charge on any atom is 0.258 e. The summed E-state index contributed by atoms with van der Waals surface area (Å²) in [6, 6.07) is 12.6. The maximum absolute atomic E-state index is 13.2. The number of nitrogens with zero attached hydrogens (tertiary/aromatic N) is 1. The summed E-state index contributed by atoms with van der Waals surface area (Å²) in [7, 11) is 1.86. The molecule has 2 heterocycles. The van der Waals surface area contributed by atoms with E-state index in [-0.39, 0.29) is 11.2 Å². The summed E-state index contributed by atoms with van der Waals surface area (Å²) in [6.07, 6.45) is 4.18. The Balaban J connectivity index is 2.15. The van der Waals surface area contributed by atoms with Crippen molar-refractivity contribution in [3.63, 3.8) is 0 Å². The number of benzene rings is 3. The van der Waals surface area contributed by atoms with Gasteiger partial charge < -0.3 is 9.30 Å². The van der Waals surface area contributed by atoms with Crippen LogP contribution < -0.4 is 10.3 Å². The Morgan fingerprint density at radius 1 is 0.893 bits per heavy atom. The minimum Gasteiger partial charge on any atom is -0.482 e. The Morgan fingerprint density at radius 3 is 2.18 bits per heavy atom. The average Bonchev–Trinajstić information content (AvgIpc) is 2.65. The molecule has 4 aromatic rings. The highest BCUT2D eigenvalue weighted by molar-refractivity contribution is 6.23. The number of aryl methyl sites for hydroxylation is 3. The summed E-state index contributed by atoms with van der Waals surface area (Å²) >= 11 is 0. The van der Waals surface area contributed by atoms with Crippen LogP contribution in [-0.2, 0) is 7.05 Å². The Labute approximate surface area is 163 Å². The smallest absolute Gasteiger partial charge is 0.258 e. The number of fused-ring (bicyclic) bond motifs is 8. The summed E-state index contributed by atoms with van der Waals surface area (Å²) in [4.78, 5) is 13.2. The monoisotopic (exact) mass is 369 g/mol. The van der Waals surface area contributed by atoms with Crippen molar-refractivity contribution in [3.8, 4) is 5.75 Å². The first-order chi connectivity index (χ1) is 13.3. The molecule has 0 atom stereocenters. The van der Waals surface area contributed by atoms with E-state index in [1.165, 1.54) is 5.56 Å². The van der Waals surface area contributed by atoms with Gasteiger partial charge in [-0.05, 0) is 62.8 Å². The summed E-state index contributed by atoms with van der Waals surface area (Å²) in [5.41, 5.74) is 3.83. The standard InChI is InChI=1S/C25H23NO2/c1-14-6-8-16-19(12-14)23-18(10-11-25(3,4)28-23)22-21(16)17-9-7-15(2)13-20(17)24(27)26(22)5/h6-13H,1-5H3. The van der Waals surface area contributed by atoms with Gasteiger partial charge in [-0.3, -0.25) is 4.79 Å². The lowest BCUT2D eigenvalue weighted by molar-refractivity contribution is 0.162. The lowest BCUT2D eigenvalue weighted by Crippen LogP contribution is -2.28. The van der Waals surface area contributed by atoms with Crippen molar-refractivity contribution < 1.29 is 4.74 Å². The van der Waals surface area contributed by atoms with Crippen LogP contribution in [0.25, 0.3) is 38.5 Å². The lowest BCUT2D eigenvalue weighted by Gasteiger charge is -2.30. The van der Waals surface area contributed by atoms with Crippen LogP contribution in [0.2, 0.25) is 0 Å². The molecule has 5 rings (SSSR count). The molecule has 28 heavy (non-hydrogen) atoms. The number of hydrogen-bond donors (Lipinski definition) is 0. The third-order valence-electron chi connectivity index (χ3n) is 5.76. The van der Waals surface area contributed by atoms with Gasteiger partial charge in [-0.1, -0.05) is 35.4 Å². The highest BCUT2D eigenvalue weighted by atomic mass is 16.5. The first-order valence-electron chi connectivity index (χ1n) is 9.64. The molecular formula is C25H23NO2. The molecule has 0 amide bonds. The van der Waals surface area contributed by atoms with Gasteiger partial charge in [-0.15, -0.1) is 0 Å². The molecule has 1 aromatic heterocycles. The third-order valence-corrected chi connectivity index (χ3v) is 5.76. The quantitative estimate of drug-likeness (QED) is 0.375. The molecule has 0 radical (unpaired) electrons. The first kappa shape index (κ1) is 17.1. The Morgan fingerprint density at radius 2 is 1.50 bits per heavy atom. The van der Waals surface area contributed by atoms with Crippen LogP contribution >= 0.6 is 0 Å². The highest BCUT2D eigenvalue weighted by Crippen LogP contribution is 2.44. The fourth-order valence-corrected chi connectivity index (χ4v) is 4.38. The van der Waals surface area contributed by atoms with E-state index in [0.717, 1.165) is 49.3 Å². The van der Waals surface area contributed by atoms with Crippen molar-refractivity contribution in [1.82, 2.24) is 4.57 Å². The van der Waals surface area contributed by atoms with Crippen molar-refractivity contribution in [3.05, 3.63) is 69.5 Å². The van der Waals surface area contributed by atoms with Gasteiger partial charge >= 0.3 is 0 Å². The average molecular weight is 369 g/mol. The van der Waals surface area contributed by atoms with E-state index in [9.17, 15) is 4.79 Å². The molecule has 3 heteroatoms. The number of hydrogen-bond acceptors (Lipinski definition) is 2. The Kier molecular flexibility index (Phi) is 3.34. The Hall–Kier alpha value is -3.07. The van der Waals surface area contributed by atoms with Crippen LogP contribution in [0.3, 0.4) is 0 Å². The third kappa shape index (κ3) is 2.26. The molecule has 140 valence electrons. The van der Waals surface area contributed by atoms with Crippen LogP contribution in [0.4, 0.5) is 0 Å². The van der Waals surface area contributed by atoms with E-state index in [4.69, 9.17) is 4.74 Å². The molecule has 0 saturated heterocycles. The van der Waals surface area contributed by atoms with Crippen LogP contribution in [-0.4, -0.2) is 10.2 Å². The van der Waals surface area contributed by atoms with Gasteiger partial charge in [0.05, 0.1) is 5.52 Å². The van der Waals surface area contributed by atoms with Crippen LogP contribution in [0.1, 0.15) is 30.5 Å². The molecule has 0 spiro atoms. The highest BCUT2D eigenvalue weighted by Gasteiger charge is 2.27. The summed E-state index contributed by atoms with van der Waals surface area (Å²) in [5.74, 6) is 0.861. The minimum absolute atomic E-state index is 0.0260. The molecule has 1 aliphatic rings. The fourth-order valence-electron chi connectivity index (χ4n) is 4.38. The normalized spacial score (nSPS) is 15.2. The maximum atomic E-state index is 13.2. The molecule has 3 nitrogen and oxygen atoms in total. The molecule has 0 saturated carbocycles. The predicted molar refractivity (Wildman–Crippen MR) is 117 cm³/mol. The van der Waals surface area contributed by atoms with E-state index < -0.39 is 0 Å². The second kappa shape index (κ2) is 5.48. The lowest BCUT2D eigenvalue weighted by atomic mass is 9.91. The molecule has 0 fully saturated rings. The summed E-state index contributed by atoms with van der Waals surface area (Å²) in [5, 5.41) is 5.09. The van der Waals surface area contributed by atoms with E-state index in [0.29, 0.717) is 0 Å². The molecule has 0 aliphatic carbocycles. The van der Waals surface area contributed by atoms with Crippen molar-refractivity contribution in [2.24, 2.45) is 7.05 Å². The van der Waals surface area contributed by atoms with Gasteiger partial charge in [-0.25, -0.2) is 0 Å². The largest absolute Gasteiger partial charge is 0.482 e. The molecule has 3 aromatic carbocycles. The fraction of sp³-hybridized carbons (Fsp3) is 0.240. The van der Waals surface area contributed by atoms with Crippen LogP contribution in [0.15, 0.2) is 47.3 Å². The number of rotatable bonds is 0. The van der Waals surface area contributed by atoms with E-state index in [2.05, 4.69) is 63.3 Å². The van der Waals surface area contributed by atoms with E-state index >= 15 is 0 Å². The van der Waals surface area contributed by atoms with Crippen molar-refractivity contribution in [2.45, 2.75) is 33.3 Å². The van der Waals surface area contributed by atoms with Crippen molar-refractivity contribution in [1.29, 1.82) is 0 Å². The number of pyridine rings is 1. The van der Waals surface area contributed by atoms with Gasteiger partial charge in [0.25, 0.3) is 5.56 Å². The van der Waals surface area contributed by atoms with E-state index in [1.807, 2.05) is 20.0 Å². The Bertz CT molecular complexity index is 1400. The van der Waals surface area contributed by atoms with Gasteiger partial charge in [0.15, 0.2) is 0 Å². The number of ether oxygens (including phenoxy) is 1. The number of aromatic nitrogens is 1. The molecule has 0 unspecified atom stereocenters. The van der Waals surface area contributed by atoms with Gasteiger partial charge in [0.1, 0.15) is 11.4 Å². The van der Waals surface area contributed by atoms with Crippen molar-refractivity contribution in [2.75, 3.05) is 0 Å². The zero-order chi connectivity index (χ0) is 19.8. The molecule has 0 N–H and O–H groups in total. The van der Waals surface area contributed by atoms with E-state index in [1.54, 1.807) is 4.57 Å². The summed E-state index contributed by atoms with van der Waals surface area (Å²) in [6.45, 7) is 8.24. The topological polar surface area (TPSA) is 31.2 Å². The second-order valence-electron chi connectivity index (χ2n) is 8.47. The summed E-state index contributed by atoms with van der Waals surface area (Å²) < 4.78 is 8.20. The van der Waals surface area contributed by atoms with Gasteiger partial charge in [0, 0.05) is 28.8 Å². The minimum atomic E-state index is -0.385. The van der Waals surface area contributed by atoms with Gasteiger partial charge in [-0.2, -0.15) is 0 Å². The zero-order valence-corrected chi connectivity index (χ0v) is 16.9. The van der Waals surface area contributed by atoms with Crippen LogP contribution in [0, 0.1) is 13.8 Å². The van der Waals surface area contributed by atoms with Crippen LogP contribution in [0.5, 0.6) is 5.75 Å². The second-order valence-corrected chi connectivity index (χ2v) is 8.47. The van der Waals surface area contributed by atoms with Crippen molar-refractivity contribution >= 4 is 38.5 Å².